The van der Waals surface area contributed by atoms with Crippen molar-refractivity contribution < 1.29 is 17.9 Å². The van der Waals surface area contributed by atoms with Crippen LogP contribution in [0.25, 0.3) is 0 Å². The Balaban J connectivity index is 2.16. The topological polar surface area (TPSA) is 89.7 Å². The second kappa shape index (κ2) is 5.28. The van der Waals surface area contributed by atoms with Gasteiger partial charge in [-0.15, -0.1) is 0 Å². The van der Waals surface area contributed by atoms with Crippen LogP contribution in [0.5, 0.6) is 0 Å². The summed E-state index contributed by atoms with van der Waals surface area (Å²) in [5, 5.41) is 0. The SMILES string of the molecule is CCOC(=O)c1ccc(S(=O)(=O)N2CC(N)C2)cc1. The van der Waals surface area contributed by atoms with Gasteiger partial charge in [-0.1, -0.05) is 0 Å². The number of benzene rings is 1. The lowest BCUT2D eigenvalue weighted by Crippen LogP contribution is -2.57. The molecule has 1 aliphatic heterocycles. The molecule has 7 heteroatoms. The maximum Gasteiger partial charge on any atom is 0.338 e. The van der Waals surface area contributed by atoms with Crippen LogP contribution in [0.1, 0.15) is 17.3 Å². The lowest BCUT2D eigenvalue weighted by Gasteiger charge is -2.35. The highest BCUT2D eigenvalue weighted by Gasteiger charge is 2.34. The lowest BCUT2D eigenvalue weighted by molar-refractivity contribution is 0.0526. The minimum absolute atomic E-state index is 0.0893. The molecule has 2 N–H and O–H groups in total. The first-order valence-corrected chi connectivity index (χ1v) is 7.42. The molecule has 0 amide bonds. The van der Waals surface area contributed by atoms with Crippen LogP contribution in [-0.2, 0) is 14.8 Å². The maximum atomic E-state index is 12.1. The minimum Gasteiger partial charge on any atom is -0.462 e. The summed E-state index contributed by atoms with van der Waals surface area (Å²) in [5.41, 5.74) is 5.91. The van der Waals surface area contributed by atoms with Gasteiger partial charge in [0, 0.05) is 19.1 Å². The quantitative estimate of drug-likeness (QED) is 0.797. The van der Waals surface area contributed by atoms with Crippen molar-refractivity contribution in [2.45, 2.75) is 17.9 Å². The van der Waals surface area contributed by atoms with Crippen LogP contribution in [0.15, 0.2) is 29.2 Å². The Hall–Kier alpha value is -1.44. The molecule has 6 nitrogen and oxygen atoms in total. The third-order valence-corrected chi connectivity index (χ3v) is 4.73. The number of rotatable bonds is 4. The molecule has 0 saturated carbocycles. The molecule has 0 radical (unpaired) electrons. The number of hydrogen-bond acceptors (Lipinski definition) is 5. The number of ether oxygens (including phenoxy) is 1. The molecule has 0 spiro atoms. The van der Waals surface area contributed by atoms with Gasteiger partial charge in [-0.25, -0.2) is 13.2 Å². The Kier molecular flexibility index (Phi) is 3.88. The zero-order valence-electron chi connectivity index (χ0n) is 10.6. The molecule has 1 heterocycles. The zero-order chi connectivity index (χ0) is 14.0. The lowest BCUT2D eigenvalue weighted by atomic mass is 10.2. The molecule has 104 valence electrons. The average molecular weight is 284 g/mol. The highest BCUT2D eigenvalue weighted by atomic mass is 32.2. The van der Waals surface area contributed by atoms with E-state index < -0.39 is 16.0 Å². The van der Waals surface area contributed by atoms with E-state index in [-0.39, 0.29) is 17.5 Å². The third-order valence-electron chi connectivity index (χ3n) is 2.88. The van der Waals surface area contributed by atoms with Gasteiger partial charge >= 0.3 is 5.97 Å². The Morgan fingerprint density at radius 2 is 1.95 bits per heavy atom. The number of carbonyl (C=O) groups excluding carboxylic acids is 1. The first kappa shape index (κ1) is 14.0. The van der Waals surface area contributed by atoms with E-state index in [0.29, 0.717) is 18.7 Å². The van der Waals surface area contributed by atoms with Crippen LogP contribution >= 0.6 is 0 Å². The summed E-state index contributed by atoms with van der Waals surface area (Å²) < 4.78 is 30.4. The normalized spacial score (nSPS) is 16.9. The first-order valence-electron chi connectivity index (χ1n) is 5.98. The van der Waals surface area contributed by atoms with Gasteiger partial charge in [0.1, 0.15) is 0 Å². The molecule has 1 aromatic carbocycles. The van der Waals surface area contributed by atoms with Gasteiger partial charge in [0.05, 0.1) is 17.1 Å². The second-order valence-electron chi connectivity index (χ2n) is 4.33. The van der Waals surface area contributed by atoms with E-state index in [9.17, 15) is 13.2 Å². The van der Waals surface area contributed by atoms with Gasteiger partial charge < -0.3 is 10.5 Å². The van der Waals surface area contributed by atoms with Crippen molar-refractivity contribution in [1.29, 1.82) is 0 Å². The van der Waals surface area contributed by atoms with E-state index in [1.54, 1.807) is 6.92 Å². The van der Waals surface area contributed by atoms with E-state index in [4.69, 9.17) is 10.5 Å². The Morgan fingerprint density at radius 3 is 2.42 bits per heavy atom. The number of hydrogen-bond donors (Lipinski definition) is 1. The van der Waals surface area contributed by atoms with Crippen LogP contribution in [0, 0.1) is 0 Å². The number of esters is 1. The molecule has 2 rings (SSSR count). The Morgan fingerprint density at radius 1 is 1.37 bits per heavy atom. The second-order valence-corrected chi connectivity index (χ2v) is 6.26. The summed E-state index contributed by atoms with van der Waals surface area (Å²) in [4.78, 5) is 11.6. The molecular weight excluding hydrogens is 268 g/mol. The molecule has 1 aliphatic rings. The molecule has 0 aliphatic carbocycles. The molecule has 0 bridgehead atoms. The van der Waals surface area contributed by atoms with Crippen LogP contribution in [0.4, 0.5) is 0 Å². The van der Waals surface area contributed by atoms with Gasteiger partial charge in [-0.05, 0) is 31.2 Å². The van der Waals surface area contributed by atoms with Gasteiger partial charge in [0.2, 0.25) is 10.0 Å². The summed E-state index contributed by atoms with van der Waals surface area (Å²) in [6, 6.07) is 5.63. The number of sulfonamides is 1. The standard InChI is InChI=1S/C12H16N2O4S/c1-2-18-12(15)9-3-5-11(6-4-9)19(16,17)14-7-10(13)8-14/h3-6,10H,2,7-8,13H2,1H3. The summed E-state index contributed by atoms with van der Waals surface area (Å²) in [7, 11) is -3.49. The van der Waals surface area contributed by atoms with Crippen molar-refractivity contribution in [1.82, 2.24) is 4.31 Å². The Bertz CT molecular complexity index is 562. The van der Waals surface area contributed by atoms with Crippen LogP contribution < -0.4 is 5.73 Å². The molecule has 1 fully saturated rings. The summed E-state index contributed by atoms with van der Waals surface area (Å²) in [6.07, 6.45) is 0. The fraction of sp³-hybridized carbons (Fsp3) is 0.417. The molecule has 0 atom stereocenters. The fourth-order valence-electron chi connectivity index (χ4n) is 1.79. The van der Waals surface area contributed by atoms with Crippen molar-refractivity contribution in [3.63, 3.8) is 0 Å². The predicted molar refractivity (Wildman–Crippen MR) is 69.1 cm³/mol. The van der Waals surface area contributed by atoms with Crippen molar-refractivity contribution >= 4 is 16.0 Å². The molecule has 0 aromatic heterocycles. The van der Waals surface area contributed by atoms with Crippen molar-refractivity contribution in [2.24, 2.45) is 5.73 Å². The number of nitrogens with zero attached hydrogens (tertiary/aromatic N) is 1. The molecule has 19 heavy (non-hydrogen) atoms. The van der Waals surface area contributed by atoms with Crippen molar-refractivity contribution in [2.75, 3.05) is 19.7 Å². The molecule has 1 aromatic rings. The number of carbonyl (C=O) groups is 1. The van der Waals surface area contributed by atoms with Gasteiger partial charge in [-0.3, -0.25) is 0 Å². The summed E-state index contributed by atoms with van der Waals surface area (Å²) >= 11 is 0. The largest absolute Gasteiger partial charge is 0.462 e. The monoisotopic (exact) mass is 284 g/mol. The highest BCUT2D eigenvalue weighted by Crippen LogP contribution is 2.21. The average Bonchev–Trinajstić information content (AvgIpc) is 2.35. The first-order chi connectivity index (χ1) is 8.95. The smallest absolute Gasteiger partial charge is 0.338 e. The molecule has 1 saturated heterocycles. The van der Waals surface area contributed by atoms with Crippen LogP contribution in [0.3, 0.4) is 0 Å². The van der Waals surface area contributed by atoms with E-state index in [0.717, 1.165) is 0 Å². The summed E-state index contributed by atoms with van der Waals surface area (Å²) in [5.74, 6) is -0.461. The fourth-order valence-corrected chi connectivity index (χ4v) is 3.35. The van der Waals surface area contributed by atoms with E-state index in [2.05, 4.69) is 0 Å². The minimum atomic E-state index is -3.49. The van der Waals surface area contributed by atoms with Gasteiger partial charge in [0.25, 0.3) is 0 Å². The predicted octanol–water partition coefficient (Wildman–Crippen LogP) is 0.195. The van der Waals surface area contributed by atoms with E-state index in [1.807, 2.05) is 0 Å². The third kappa shape index (κ3) is 2.78. The van der Waals surface area contributed by atoms with Crippen LogP contribution in [0.2, 0.25) is 0 Å². The van der Waals surface area contributed by atoms with Crippen LogP contribution in [-0.4, -0.2) is 44.4 Å². The highest BCUT2D eigenvalue weighted by molar-refractivity contribution is 7.89. The van der Waals surface area contributed by atoms with Gasteiger partial charge in [-0.2, -0.15) is 4.31 Å². The van der Waals surface area contributed by atoms with Gasteiger partial charge in [0.15, 0.2) is 0 Å². The maximum absolute atomic E-state index is 12.1. The van der Waals surface area contributed by atoms with Crippen molar-refractivity contribution in [3.8, 4) is 0 Å². The Labute approximate surface area is 112 Å². The summed E-state index contributed by atoms with van der Waals surface area (Å²) in [6.45, 7) is 2.66. The van der Waals surface area contributed by atoms with E-state index in [1.165, 1.54) is 28.6 Å². The number of nitrogens with two attached hydrogens (primary N) is 1. The molecule has 0 unspecified atom stereocenters. The van der Waals surface area contributed by atoms with E-state index >= 15 is 0 Å². The zero-order valence-corrected chi connectivity index (χ0v) is 11.4. The molecular formula is C12H16N2O4S. The van der Waals surface area contributed by atoms with Crippen molar-refractivity contribution in [3.05, 3.63) is 29.8 Å².